The quantitative estimate of drug-likeness (QED) is 0.908. The van der Waals surface area contributed by atoms with E-state index in [-0.39, 0.29) is 11.4 Å². The SMILES string of the molecule is CNC(C)(C)c1nc(-c2ccc(F)cc2C)no1. The van der Waals surface area contributed by atoms with Crippen LogP contribution in [0.15, 0.2) is 22.7 Å². The van der Waals surface area contributed by atoms with Crippen LogP contribution < -0.4 is 5.32 Å². The van der Waals surface area contributed by atoms with Gasteiger partial charge in [-0.25, -0.2) is 4.39 Å². The van der Waals surface area contributed by atoms with E-state index in [1.54, 1.807) is 6.07 Å². The number of aromatic nitrogens is 2. The van der Waals surface area contributed by atoms with E-state index >= 15 is 0 Å². The molecule has 0 aliphatic rings. The summed E-state index contributed by atoms with van der Waals surface area (Å²) in [6.45, 7) is 5.71. The second-order valence-electron chi connectivity index (χ2n) is 4.76. The summed E-state index contributed by atoms with van der Waals surface area (Å²) in [5.41, 5.74) is 1.17. The predicted molar refractivity (Wildman–Crippen MR) is 66.5 cm³/mol. The van der Waals surface area contributed by atoms with E-state index in [0.29, 0.717) is 11.7 Å². The third-order valence-corrected chi connectivity index (χ3v) is 3.02. The van der Waals surface area contributed by atoms with Crippen molar-refractivity contribution in [3.63, 3.8) is 0 Å². The fourth-order valence-corrected chi connectivity index (χ4v) is 1.57. The highest BCUT2D eigenvalue weighted by Gasteiger charge is 2.26. The van der Waals surface area contributed by atoms with Crippen LogP contribution >= 0.6 is 0 Å². The Morgan fingerprint density at radius 3 is 2.67 bits per heavy atom. The van der Waals surface area contributed by atoms with Crippen LogP contribution in [0.25, 0.3) is 11.4 Å². The van der Waals surface area contributed by atoms with Crippen molar-refractivity contribution in [1.82, 2.24) is 15.5 Å². The van der Waals surface area contributed by atoms with Crippen molar-refractivity contribution in [3.8, 4) is 11.4 Å². The van der Waals surface area contributed by atoms with E-state index in [0.717, 1.165) is 11.1 Å². The average molecular weight is 249 g/mol. The molecule has 1 aromatic carbocycles. The first-order chi connectivity index (χ1) is 8.44. The van der Waals surface area contributed by atoms with Crippen molar-refractivity contribution in [2.75, 3.05) is 7.05 Å². The van der Waals surface area contributed by atoms with Gasteiger partial charge in [0.05, 0.1) is 5.54 Å². The highest BCUT2D eigenvalue weighted by atomic mass is 19.1. The van der Waals surface area contributed by atoms with Crippen molar-refractivity contribution in [2.24, 2.45) is 0 Å². The second kappa shape index (κ2) is 4.49. The highest BCUT2D eigenvalue weighted by Crippen LogP contribution is 2.24. The summed E-state index contributed by atoms with van der Waals surface area (Å²) in [6, 6.07) is 4.50. The van der Waals surface area contributed by atoms with Crippen LogP contribution in [-0.2, 0) is 5.54 Å². The van der Waals surface area contributed by atoms with Crippen LogP contribution in [0.4, 0.5) is 4.39 Å². The molecule has 18 heavy (non-hydrogen) atoms. The lowest BCUT2D eigenvalue weighted by Crippen LogP contribution is -2.33. The Labute approximate surface area is 105 Å². The maximum absolute atomic E-state index is 13.0. The minimum absolute atomic E-state index is 0.268. The zero-order valence-electron chi connectivity index (χ0n) is 10.9. The van der Waals surface area contributed by atoms with Crippen LogP contribution in [0, 0.1) is 12.7 Å². The number of nitrogens with zero attached hydrogens (tertiary/aromatic N) is 2. The Kier molecular flexibility index (Phi) is 3.17. The fourth-order valence-electron chi connectivity index (χ4n) is 1.57. The molecule has 0 amide bonds. The van der Waals surface area contributed by atoms with Crippen LogP contribution in [0.3, 0.4) is 0 Å². The van der Waals surface area contributed by atoms with Crippen LogP contribution in [0.2, 0.25) is 0 Å². The van der Waals surface area contributed by atoms with Gasteiger partial charge in [-0.1, -0.05) is 5.16 Å². The molecule has 0 fully saturated rings. The molecule has 0 saturated carbocycles. The molecule has 2 aromatic rings. The van der Waals surface area contributed by atoms with Gasteiger partial charge in [0.1, 0.15) is 5.82 Å². The third kappa shape index (κ3) is 2.26. The molecule has 1 aromatic heterocycles. The standard InChI is InChI=1S/C13H16FN3O/c1-8-7-9(14)5-6-10(8)11-16-12(18-17-11)13(2,3)15-4/h5-7,15H,1-4H3. The first kappa shape index (κ1) is 12.7. The van der Waals surface area contributed by atoms with Gasteiger partial charge in [-0.2, -0.15) is 4.98 Å². The largest absolute Gasteiger partial charge is 0.337 e. The molecule has 0 unspecified atom stereocenters. The summed E-state index contributed by atoms with van der Waals surface area (Å²) in [4.78, 5) is 4.35. The maximum Gasteiger partial charge on any atom is 0.246 e. The van der Waals surface area contributed by atoms with Crippen molar-refractivity contribution < 1.29 is 8.91 Å². The number of rotatable bonds is 3. The Morgan fingerprint density at radius 1 is 1.33 bits per heavy atom. The molecule has 0 saturated heterocycles. The van der Waals surface area contributed by atoms with Crippen molar-refractivity contribution in [1.29, 1.82) is 0 Å². The van der Waals surface area contributed by atoms with E-state index in [9.17, 15) is 4.39 Å². The molecule has 96 valence electrons. The lowest BCUT2D eigenvalue weighted by atomic mass is 10.1. The predicted octanol–water partition coefficient (Wildman–Crippen LogP) is 2.64. The minimum atomic E-state index is -0.390. The summed E-state index contributed by atoms with van der Waals surface area (Å²) in [6.07, 6.45) is 0. The minimum Gasteiger partial charge on any atom is -0.337 e. The fraction of sp³-hybridized carbons (Fsp3) is 0.385. The average Bonchev–Trinajstić information content (AvgIpc) is 2.79. The second-order valence-corrected chi connectivity index (χ2v) is 4.76. The van der Waals surface area contributed by atoms with Gasteiger partial charge in [0.2, 0.25) is 11.7 Å². The van der Waals surface area contributed by atoms with Gasteiger partial charge >= 0.3 is 0 Å². The summed E-state index contributed by atoms with van der Waals surface area (Å²) < 4.78 is 18.3. The van der Waals surface area contributed by atoms with Crippen molar-refractivity contribution in [2.45, 2.75) is 26.3 Å². The molecule has 1 heterocycles. The van der Waals surface area contributed by atoms with Gasteiger partial charge in [-0.15, -0.1) is 0 Å². The monoisotopic (exact) mass is 249 g/mol. The molecule has 5 heteroatoms. The zero-order valence-corrected chi connectivity index (χ0v) is 10.9. The maximum atomic E-state index is 13.0. The van der Waals surface area contributed by atoms with E-state index in [1.807, 2.05) is 27.8 Å². The van der Waals surface area contributed by atoms with Crippen LogP contribution in [-0.4, -0.2) is 17.2 Å². The van der Waals surface area contributed by atoms with Gasteiger partial charge in [0.15, 0.2) is 0 Å². The van der Waals surface area contributed by atoms with Crippen LogP contribution in [0.1, 0.15) is 25.3 Å². The highest BCUT2D eigenvalue weighted by molar-refractivity contribution is 5.59. The summed E-state index contributed by atoms with van der Waals surface area (Å²) in [5, 5.41) is 7.03. The molecule has 2 rings (SSSR count). The smallest absolute Gasteiger partial charge is 0.246 e. The van der Waals surface area contributed by atoms with E-state index in [1.165, 1.54) is 12.1 Å². The number of hydrogen-bond acceptors (Lipinski definition) is 4. The van der Waals surface area contributed by atoms with E-state index in [4.69, 9.17) is 4.52 Å². The number of nitrogens with one attached hydrogen (secondary N) is 1. The first-order valence-corrected chi connectivity index (χ1v) is 5.73. The molecule has 0 spiro atoms. The first-order valence-electron chi connectivity index (χ1n) is 5.73. The van der Waals surface area contributed by atoms with Crippen LogP contribution in [0.5, 0.6) is 0 Å². The van der Waals surface area contributed by atoms with Crippen molar-refractivity contribution >= 4 is 0 Å². The molecule has 1 N–H and O–H groups in total. The molecule has 0 radical (unpaired) electrons. The van der Waals surface area contributed by atoms with E-state index < -0.39 is 0 Å². The molecule has 0 aliphatic heterocycles. The topological polar surface area (TPSA) is 51.0 Å². The molecular weight excluding hydrogens is 233 g/mol. The van der Waals surface area contributed by atoms with Gasteiger partial charge in [-0.05, 0) is 51.6 Å². The summed E-state index contributed by atoms with van der Waals surface area (Å²) in [5.74, 6) is 0.713. The molecule has 0 atom stereocenters. The van der Waals surface area contributed by atoms with Gasteiger partial charge in [0, 0.05) is 5.56 Å². The van der Waals surface area contributed by atoms with E-state index in [2.05, 4.69) is 15.5 Å². The zero-order chi connectivity index (χ0) is 13.3. The summed E-state index contributed by atoms with van der Waals surface area (Å²) in [7, 11) is 1.83. The Morgan fingerprint density at radius 2 is 2.06 bits per heavy atom. The molecule has 4 nitrogen and oxygen atoms in total. The number of aryl methyl sites for hydroxylation is 1. The third-order valence-electron chi connectivity index (χ3n) is 3.02. The molecular formula is C13H16FN3O. The number of benzene rings is 1. The number of halogens is 1. The Bertz CT molecular complexity index is 563. The molecule has 0 bridgehead atoms. The van der Waals surface area contributed by atoms with Gasteiger partial charge in [-0.3, -0.25) is 0 Å². The lowest BCUT2D eigenvalue weighted by molar-refractivity contribution is 0.281. The molecule has 0 aliphatic carbocycles. The number of hydrogen-bond donors (Lipinski definition) is 1. The van der Waals surface area contributed by atoms with Gasteiger partial charge in [0.25, 0.3) is 0 Å². The van der Waals surface area contributed by atoms with Gasteiger partial charge < -0.3 is 9.84 Å². The normalized spacial score (nSPS) is 11.8. The summed E-state index contributed by atoms with van der Waals surface area (Å²) >= 11 is 0. The lowest BCUT2D eigenvalue weighted by Gasteiger charge is -2.17. The Hall–Kier alpha value is -1.75. The van der Waals surface area contributed by atoms with Crippen molar-refractivity contribution in [3.05, 3.63) is 35.5 Å². The Balaban J connectivity index is 2.41.